The van der Waals surface area contributed by atoms with Crippen LogP contribution in [0.3, 0.4) is 0 Å². The monoisotopic (exact) mass is 325 g/mol. The summed E-state index contributed by atoms with van der Waals surface area (Å²) in [6.07, 6.45) is 0.0529. The summed E-state index contributed by atoms with van der Waals surface area (Å²) >= 11 is 11.2. The van der Waals surface area contributed by atoms with E-state index in [4.69, 9.17) is 28.3 Å². The van der Waals surface area contributed by atoms with Gasteiger partial charge in [0.1, 0.15) is 0 Å². The molecule has 1 saturated heterocycles. The summed E-state index contributed by atoms with van der Waals surface area (Å²) in [6.45, 7) is 0.145. The van der Waals surface area contributed by atoms with Gasteiger partial charge in [-0.2, -0.15) is 15.0 Å². The van der Waals surface area contributed by atoms with E-state index in [1.807, 2.05) is 0 Å². The van der Waals surface area contributed by atoms with Crippen LogP contribution in [-0.4, -0.2) is 41.6 Å². The Labute approximate surface area is 119 Å². The van der Waals surface area contributed by atoms with Crippen LogP contribution in [0.25, 0.3) is 0 Å². The molecule has 1 amide bonds. The molecule has 19 heavy (non-hydrogen) atoms. The van der Waals surface area contributed by atoms with E-state index in [1.165, 1.54) is 4.90 Å². The van der Waals surface area contributed by atoms with Crippen molar-refractivity contribution in [1.82, 2.24) is 15.0 Å². The van der Waals surface area contributed by atoms with Gasteiger partial charge in [0.25, 0.3) is 0 Å². The van der Waals surface area contributed by atoms with Crippen molar-refractivity contribution in [1.29, 1.82) is 0 Å². The fourth-order valence-electron chi connectivity index (χ4n) is 1.85. The highest BCUT2D eigenvalue weighted by atomic mass is 35.5. The molecule has 0 radical (unpaired) electrons. The highest BCUT2D eigenvalue weighted by Gasteiger charge is 2.34. The van der Waals surface area contributed by atoms with Crippen molar-refractivity contribution in [2.75, 3.05) is 17.2 Å². The second-order valence-electron chi connectivity index (χ2n) is 4.08. The maximum absolute atomic E-state index is 11.8. The zero-order valence-electron chi connectivity index (χ0n) is 9.45. The Morgan fingerprint density at radius 1 is 1.26 bits per heavy atom. The lowest BCUT2D eigenvalue weighted by Gasteiger charge is -2.14. The van der Waals surface area contributed by atoms with Gasteiger partial charge in [-0.3, -0.25) is 9.69 Å². The molecule has 1 unspecified atom stereocenters. The van der Waals surface area contributed by atoms with E-state index >= 15 is 0 Å². The van der Waals surface area contributed by atoms with Gasteiger partial charge in [-0.25, -0.2) is 13.6 Å². The van der Waals surface area contributed by atoms with Crippen LogP contribution in [0, 0.1) is 5.92 Å². The number of halogens is 2. The van der Waals surface area contributed by atoms with Gasteiger partial charge < -0.3 is 0 Å². The van der Waals surface area contributed by atoms with Crippen molar-refractivity contribution in [2.24, 2.45) is 11.1 Å². The molecule has 1 aliphatic rings. The normalized spacial score (nSPS) is 20.1. The van der Waals surface area contributed by atoms with E-state index in [9.17, 15) is 13.2 Å². The van der Waals surface area contributed by atoms with Crippen molar-refractivity contribution < 1.29 is 13.2 Å². The molecule has 1 aliphatic heterocycles. The third-order valence-corrected chi connectivity index (χ3v) is 3.76. The summed E-state index contributed by atoms with van der Waals surface area (Å²) in [5.74, 6) is -0.988. The zero-order valence-corrected chi connectivity index (χ0v) is 11.8. The first-order valence-corrected chi connectivity index (χ1v) is 7.59. The summed E-state index contributed by atoms with van der Waals surface area (Å²) in [5, 5.41) is 4.67. The third-order valence-electron chi connectivity index (χ3n) is 2.48. The smallest absolute Gasteiger partial charge is 0.237 e. The Balaban J connectivity index is 2.20. The van der Waals surface area contributed by atoms with Crippen LogP contribution in [0.5, 0.6) is 0 Å². The van der Waals surface area contributed by atoms with Crippen molar-refractivity contribution in [3.05, 3.63) is 10.6 Å². The lowest BCUT2D eigenvalue weighted by molar-refractivity contribution is -0.117. The minimum absolute atomic E-state index is 0.00641. The number of nitrogens with zero attached hydrogens (tertiary/aromatic N) is 4. The van der Waals surface area contributed by atoms with E-state index in [1.54, 1.807) is 0 Å². The number of aromatic nitrogens is 3. The SMILES string of the molecule is NS(=O)(=O)CC1CC(=O)N(c2nc(Cl)nc(Cl)n2)C1. The quantitative estimate of drug-likeness (QED) is 0.823. The predicted octanol–water partition coefficient (Wildman–Crippen LogP) is -0.180. The van der Waals surface area contributed by atoms with Gasteiger partial charge in [-0.15, -0.1) is 0 Å². The average Bonchev–Trinajstić information content (AvgIpc) is 2.54. The Kier molecular flexibility index (Phi) is 3.90. The second kappa shape index (κ2) is 5.16. The molecule has 2 rings (SSSR count). The number of nitrogens with two attached hydrogens (primary N) is 1. The summed E-state index contributed by atoms with van der Waals surface area (Å²) in [5.41, 5.74) is 0. The summed E-state index contributed by atoms with van der Waals surface area (Å²) in [6, 6.07) is 0. The van der Waals surface area contributed by atoms with E-state index in [2.05, 4.69) is 15.0 Å². The Hall–Kier alpha value is -1.03. The first kappa shape index (κ1) is 14.4. The van der Waals surface area contributed by atoms with Crippen LogP contribution >= 0.6 is 23.2 Å². The van der Waals surface area contributed by atoms with Gasteiger partial charge in [0, 0.05) is 18.9 Å². The number of rotatable bonds is 3. The number of carbonyl (C=O) groups is 1. The number of hydrogen-bond donors (Lipinski definition) is 1. The van der Waals surface area contributed by atoms with Gasteiger partial charge >= 0.3 is 0 Å². The molecule has 8 nitrogen and oxygen atoms in total. The fraction of sp³-hybridized carbons (Fsp3) is 0.500. The highest BCUT2D eigenvalue weighted by Crippen LogP contribution is 2.24. The van der Waals surface area contributed by atoms with Crippen LogP contribution in [0.15, 0.2) is 0 Å². The molecule has 11 heteroatoms. The molecule has 0 saturated carbocycles. The van der Waals surface area contributed by atoms with Crippen LogP contribution in [0.1, 0.15) is 6.42 Å². The second-order valence-corrected chi connectivity index (χ2v) is 6.41. The van der Waals surface area contributed by atoms with Crippen molar-refractivity contribution in [3.8, 4) is 0 Å². The standard InChI is InChI=1S/C8H9Cl2N5O3S/c9-6-12-7(10)14-8(13-6)15-2-4(1-5(15)16)3-19(11,17)18/h4H,1-3H2,(H2,11,17,18). The number of anilines is 1. The maximum atomic E-state index is 11.8. The summed E-state index contributed by atoms with van der Waals surface area (Å²) < 4.78 is 22.0. The summed E-state index contributed by atoms with van der Waals surface area (Å²) in [7, 11) is -3.64. The highest BCUT2D eigenvalue weighted by molar-refractivity contribution is 7.89. The first-order chi connectivity index (χ1) is 8.74. The average molecular weight is 326 g/mol. The zero-order chi connectivity index (χ0) is 14.2. The Morgan fingerprint density at radius 3 is 2.37 bits per heavy atom. The Bertz CT molecular complexity index is 603. The lowest BCUT2D eigenvalue weighted by Crippen LogP contribution is -2.29. The number of hydrogen-bond acceptors (Lipinski definition) is 6. The van der Waals surface area contributed by atoms with Crippen molar-refractivity contribution in [3.63, 3.8) is 0 Å². The van der Waals surface area contributed by atoms with Gasteiger partial charge in [0.2, 0.25) is 32.4 Å². The van der Waals surface area contributed by atoms with Crippen molar-refractivity contribution in [2.45, 2.75) is 6.42 Å². The first-order valence-electron chi connectivity index (χ1n) is 5.12. The van der Waals surface area contributed by atoms with Gasteiger partial charge in [0.15, 0.2) is 0 Å². The lowest BCUT2D eigenvalue weighted by atomic mass is 10.1. The van der Waals surface area contributed by atoms with Crippen LogP contribution < -0.4 is 10.0 Å². The van der Waals surface area contributed by atoms with Gasteiger partial charge in [0.05, 0.1) is 5.75 Å². The number of sulfonamides is 1. The minimum Gasteiger partial charge on any atom is -0.280 e. The molecule has 1 aromatic heterocycles. The minimum atomic E-state index is -3.64. The molecule has 1 atom stereocenters. The molecule has 2 heterocycles. The van der Waals surface area contributed by atoms with Crippen molar-refractivity contribution >= 4 is 45.1 Å². The van der Waals surface area contributed by atoms with Crippen LogP contribution in [0.4, 0.5) is 5.95 Å². The van der Waals surface area contributed by atoms with Crippen LogP contribution in [0.2, 0.25) is 10.6 Å². The molecule has 0 spiro atoms. The third kappa shape index (κ3) is 3.72. The molecular weight excluding hydrogens is 317 g/mol. The van der Waals surface area contributed by atoms with E-state index in [0.29, 0.717) is 0 Å². The van der Waals surface area contributed by atoms with Gasteiger partial charge in [-0.05, 0) is 23.2 Å². The molecule has 1 aromatic rings. The predicted molar refractivity (Wildman–Crippen MR) is 68.3 cm³/mol. The molecule has 1 fully saturated rings. The summed E-state index contributed by atoms with van der Waals surface area (Å²) in [4.78, 5) is 24.1. The maximum Gasteiger partial charge on any atom is 0.237 e. The fourth-order valence-corrected chi connectivity index (χ4v) is 3.09. The van der Waals surface area contributed by atoms with Gasteiger partial charge in [-0.1, -0.05) is 0 Å². The molecule has 104 valence electrons. The molecule has 0 aliphatic carbocycles. The van der Waals surface area contributed by atoms with E-state index < -0.39 is 15.9 Å². The molecular formula is C8H9Cl2N5O3S. The van der Waals surface area contributed by atoms with E-state index in [0.717, 1.165) is 0 Å². The molecule has 2 N–H and O–H groups in total. The van der Waals surface area contributed by atoms with Crippen LogP contribution in [-0.2, 0) is 14.8 Å². The molecule has 0 bridgehead atoms. The molecule has 0 aromatic carbocycles. The topological polar surface area (TPSA) is 119 Å². The largest absolute Gasteiger partial charge is 0.280 e. The Morgan fingerprint density at radius 2 is 1.84 bits per heavy atom. The number of amides is 1. The number of primary sulfonamides is 1. The number of carbonyl (C=O) groups excluding carboxylic acids is 1. The van der Waals surface area contributed by atoms with E-state index in [-0.39, 0.29) is 41.1 Å².